The second-order valence-electron chi connectivity index (χ2n) is 5.40. The number of amides is 1. The Balaban J connectivity index is 1.88. The van der Waals surface area contributed by atoms with Crippen LogP contribution >= 0.6 is 11.6 Å². The van der Waals surface area contributed by atoms with Gasteiger partial charge in [-0.1, -0.05) is 35.9 Å². The molecule has 1 fully saturated rings. The number of rotatable bonds is 5. The molecule has 0 bridgehead atoms. The Morgan fingerprint density at radius 1 is 1.33 bits per heavy atom. The quantitative estimate of drug-likeness (QED) is 0.820. The van der Waals surface area contributed by atoms with Crippen molar-refractivity contribution in [2.75, 3.05) is 13.2 Å². The van der Waals surface area contributed by atoms with Gasteiger partial charge in [-0.15, -0.1) is 0 Å². The van der Waals surface area contributed by atoms with Gasteiger partial charge in [0.1, 0.15) is 18.2 Å². The molecule has 1 atom stereocenters. The molecule has 2 aromatic rings. The SMILES string of the molecule is CCOc1ccccc1C1OCC(=O)N1Cc1ccc(F)c(Cl)c1. The molecular weight excluding hydrogens is 333 g/mol. The van der Waals surface area contributed by atoms with Crippen LogP contribution in [-0.2, 0) is 16.1 Å². The van der Waals surface area contributed by atoms with E-state index >= 15 is 0 Å². The van der Waals surface area contributed by atoms with Crippen LogP contribution < -0.4 is 4.74 Å². The molecule has 1 unspecified atom stereocenters. The van der Waals surface area contributed by atoms with Gasteiger partial charge in [-0.05, 0) is 30.7 Å². The molecule has 0 radical (unpaired) electrons. The molecule has 1 saturated heterocycles. The number of para-hydroxylation sites is 1. The summed E-state index contributed by atoms with van der Waals surface area (Å²) in [4.78, 5) is 13.8. The lowest BCUT2D eigenvalue weighted by Crippen LogP contribution is -2.28. The summed E-state index contributed by atoms with van der Waals surface area (Å²) < 4.78 is 24.6. The first-order valence-corrected chi connectivity index (χ1v) is 8.04. The first kappa shape index (κ1) is 16.7. The van der Waals surface area contributed by atoms with E-state index in [-0.39, 0.29) is 24.1 Å². The first-order chi connectivity index (χ1) is 11.6. The van der Waals surface area contributed by atoms with Crippen molar-refractivity contribution >= 4 is 17.5 Å². The highest BCUT2D eigenvalue weighted by molar-refractivity contribution is 6.30. The van der Waals surface area contributed by atoms with E-state index in [2.05, 4.69) is 0 Å². The Kier molecular flexibility index (Phi) is 5.02. The predicted octanol–water partition coefficient (Wildman–Crippen LogP) is 3.94. The minimum absolute atomic E-state index is 0.0000524. The smallest absolute Gasteiger partial charge is 0.251 e. The van der Waals surface area contributed by atoms with E-state index < -0.39 is 12.0 Å². The van der Waals surface area contributed by atoms with Crippen LogP contribution in [0.15, 0.2) is 42.5 Å². The fraction of sp³-hybridized carbons (Fsp3) is 0.278. The second-order valence-corrected chi connectivity index (χ2v) is 5.81. The van der Waals surface area contributed by atoms with E-state index in [0.29, 0.717) is 12.4 Å². The molecule has 6 heteroatoms. The number of halogens is 2. The summed E-state index contributed by atoms with van der Waals surface area (Å²) in [5.41, 5.74) is 1.53. The average Bonchev–Trinajstić information content (AvgIpc) is 2.93. The fourth-order valence-corrected chi connectivity index (χ4v) is 2.89. The van der Waals surface area contributed by atoms with Gasteiger partial charge in [0.25, 0.3) is 5.91 Å². The molecular formula is C18H17ClFNO3. The van der Waals surface area contributed by atoms with E-state index in [0.717, 1.165) is 11.1 Å². The minimum atomic E-state index is -0.538. The third-order valence-corrected chi connectivity index (χ3v) is 4.08. The summed E-state index contributed by atoms with van der Waals surface area (Å²) in [6, 6.07) is 11.9. The Bertz CT molecular complexity index is 753. The van der Waals surface area contributed by atoms with Gasteiger partial charge in [0, 0.05) is 12.1 Å². The molecule has 0 N–H and O–H groups in total. The third-order valence-electron chi connectivity index (χ3n) is 3.79. The van der Waals surface area contributed by atoms with Crippen molar-refractivity contribution in [3.05, 3.63) is 64.4 Å². The Labute approximate surface area is 144 Å². The van der Waals surface area contributed by atoms with Crippen molar-refractivity contribution in [3.8, 4) is 5.75 Å². The number of carbonyl (C=O) groups is 1. The monoisotopic (exact) mass is 349 g/mol. The van der Waals surface area contributed by atoms with Crippen molar-refractivity contribution in [2.24, 2.45) is 0 Å². The van der Waals surface area contributed by atoms with E-state index in [1.165, 1.54) is 12.1 Å². The maximum atomic E-state index is 13.3. The maximum Gasteiger partial charge on any atom is 0.251 e. The first-order valence-electron chi connectivity index (χ1n) is 7.67. The lowest BCUT2D eigenvalue weighted by molar-refractivity contribution is -0.128. The predicted molar refractivity (Wildman–Crippen MR) is 88.3 cm³/mol. The van der Waals surface area contributed by atoms with E-state index in [4.69, 9.17) is 21.1 Å². The minimum Gasteiger partial charge on any atom is -0.493 e. The van der Waals surface area contributed by atoms with Crippen LogP contribution in [0.1, 0.15) is 24.3 Å². The molecule has 1 aliphatic heterocycles. The lowest BCUT2D eigenvalue weighted by atomic mass is 10.1. The van der Waals surface area contributed by atoms with Gasteiger partial charge in [0.05, 0.1) is 11.6 Å². The van der Waals surface area contributed by atoms with Crippen LogP contribution in [0.2, 0.25) is 5.02 Å². The fourth-order valence-electron chi connectivity index (χ4n) is 2.69. The molecule has 1 amide bonds. The van der Waals surface area contributed by atoms with Crippen molar-refractivity contribution in [1.29, 1.82) is 0 Å². The molecule has 24 heavy (non-hydrogen) atoms. The van der Waals surface area contributed by atoms with E-state index in [1.807, 2.05) is 31.2 Å². The van der Waals surface area contributed by atoms with Crippen molar-refractivity contribution in [1.82, 2.24) is 4.90 Å². The van der Waals surface area contributed by atoms with Gasteiger partial charge in [0.2, 0.25) is 0 Å². The largest absolute Gasteiger partial charge is 0.493 e. The third kappa shape index (κ3) is 3.37. The molecule has 1 aliphatic rings. The molecule has 4 nitrogen and oxygen atoms in total. The van der Waals surface area contributed by atoms with Crippen molar-refractivity contribution < 1.29 is 18.7 Å². The number of benzene rings is 2. The Morgan fingerprint density at radius 2 is 2.12 bits per heavy atom. The standard InChI is InChI=1S/C18H17ClFNO3/c1-2-23-16-6-4-3-5-13(16)18-21(17(22)11-24-18)10-12-7-8-15(20)14(19)9-12/h3-9,18H,2,10-11H2,1H3. The summed E-state index contributed by atoms with van der Waals surface area (Å²) in [5, 5.41) is 0.0336. The van der Waals surface area contributed by atoms with Crippen molar-refractivity contribution in [3.63, 3.8) is 0 Å². The van der Waals surface area contributed by atoms with Crippen molar-refractivity contribution in [2.45, 2.75) is 19.7 Å². The zero-order chi connectivity index (χ0) is 17.1. The molecule has 0 saturated carbocycles. The van der Waals surface area contributed by atoms with Crippen LogP contribution in [0, 0.1) is 5.82 Å². The van der Waals surface area contributed by atoms with Crippen LogP contribution in [0.5, 0.6) is 5.75 Å². The molecule has 0 aromatic heterocycles. The van der Waals surface area contributed by atoms with Gasteiger partial charge >= 0.3 is 0 Å². The normalized spacial score (nSPS) is 17.4. The van der Waals surface area contributed by atoms with Gasteiger partial charge in [-0.2, -0.15) is 0 Å². The van der Waals surface area contributed by atoms with Crippen LogP contribution in [0.25, 0.3) is 0 Å². The Morgan fingerprint density at radius 3 is 2.88 bits per heavy atom. The lowest BCUT2D eigenvalue weighted by Gasteiger charge is -2.25. The molecule has 0 spiro atoms. The Hall–Kier alpha value is -2.11. The molecule has 2 aromatic carbocycles. The van der Waals surface area contributed by atoms with E-state index in [1.54, 1.807) is 11.0 Å². The van der Waals surface area contributed by atoms with Gasteiger partial charge in [-0.3, -0.25) is 4.79 Å². The van der Waals surface area contributed by atoms with Gasteiger partial charge in [0.15, 0.2) is 6.23 Å². The van der Waals surface area contributed by atoms with Crippen LogP contribution in [0.4, 0.5) is 4.39 Å². The maximum absolute atomic E-state index is 13.3. The number of carbonyl (C=O) groups excluding carboxylic acids is 1. The topological polar surface area (TPSA) is 38.8 Å². The molecule has 3 rings (SSSR count). The summed E-state index contributed by atoms with van der Waals surface area (Å²) in [7, 11) is 0. The van der Waals surface area contributed by atoms with Crippen LogP contribution in [0.3, 0.4) is 0 Å². The highest BCUT2D eigenvalue weighted by atomic mass is 35.5. The summed E-state index contributed by atoms with van der Waals surface area (Å²) in [5.74, 6) is 0.0660. The number of nitrogens with zero attached hydrogens (tertiary/aromatic N) is 1. The highest BCUT2D eigenvalue weighted by Crippen LogP contribution is 2.35. The number of hydrogen-bond donors (Lipinski definition) is 0. The molecule has 1 heterocycles. The molecule has 0 aliphatic carbocycles. The molecule has 126 valence electrons. The summed E-state index contributed by atoms with van der Waals surface area (Å²) in [6.45, 7) is 2.70. The highest BCUT2D eigenvalue weighted by Gasteiger charge is 2.34. The zero-order valence-electron chi connectivity index (χ0n) is 13.2. The summed E-state index contributed by atoms with van der Waals surface area (Å²) >= 11 is 5.83. The van der Waals surface area contributed by atoms with Gasteiger partial charge in [-0.25, -0.2) is 4.39 Å². The average molecular weight is 350 g/mol. The number of ether oxygens (including phenoxy) is 2. The van der Waals surface area contributed by atoms with Gasteiger partial charge < -0.3 is 14.4 Å². The van der Waals surface area contributed by atoms with E-state index in [9.17, 15) is 9.18 Å². The zero-order valence-corrected chi connectivity index (χ0v) is 13.9. The second kappa shape index (κ2) is 7.20. The summed E-state index contributed by atoms with van der Waals surface area (Å²) in [6.07, 6.45) is -0.538. The number of hydrogen-bond acceptors (Lipinski definition) is 3. The van der Waals surface area contributed by atoms with Crippen LogP contribution in [-0.4, -0.2) is 24.0 Å².